The molecule has 0 aliphatic carbocycles. The number of rotatable bonds is 4. The van der Waals surface area contributed by atoms with Crippen molar-refractivity contribution in [1.29, 1.82) is 0 Å². The number of para-hydroxylation sites is 1. The lowest BCUT2D eigenvalue weighted by atomic mass is 10.1. The van der Waals surface area contributed by atoms with Gasteiger partial charge >= 0.3 is 0 Å². The molecule has 1 aliphatic heterocycles. The van der Waals surface area contributed by atoms with E-state index in [0.717, 1.165) is 5.56 Å². The quantitative estimate of drug-likeness (QED) is 0.777. The summed E-state index contributed by atoms with van der Waals surface area (Å²) in [4.78, 5) is 29.0. The first-order valence-electron chi connectivity index (χ1n) is 8.25. The Bertz CT molecular complexity index is 1040. The van der Waals surface area contributed by atoms with Gasteiger partial charge in [-0.05, 0) is 36.8 Å². The Hall–Kier alpha value is -3.35. The molecule has 0 radical (unpaired) electrons. The van der Waals surface area contributed by atoms with Crippen LogP contribution >= 0.6 is 0 Å². The van der Waals surface area contributed by atoms with Crippen LogP contribution in [0.4, 0.5) is 0 Å². The second-order valence-electron chi connectivity index (χ2n) is 6.10. The molecule has 26 heavy (non-hydrogen) atoms. The third-order valence-corrected chi connectivity index (χ3v) is 4.32. The molecule has 2 aromatic carbocycles. The molecule has 1 atom stereocenters. The van der Waals surface area contributed by atoms with Gasteiger partial charge in [-0.25, -0.2) is 4.98 Å². The minimum atomic E-state index is -0.269. The molecule has 0 fully saturated rings. The molecule has 0 bridgehead atoms. The summed E-state index contributed by atoms with van der Waals surface area (Å²) in [5, 5.41) is 3.38. The fourth-order valence-corrected chi connectivity index (χ4v) is 2.93. The Balaban J connectivity index is 1.49. The summed E-state index contributed by atoms with van der Waals surface area (Å²) in [7, 11) is 0. The normalized spacial score (nSPS) is 13.6. The van der Waals surface area contributed by atoms with Crippen molar-refractivity contribution in [2.45, 2.75) is 19.5 Å². The van der Waals surface area contributed by atoms with E-state index in [1.807, 2.05) is 31.2 Å². The Morgan fingerprint density at radius 3 is 2.92 bits per heavy atom. The summed E-state index contributed by atoms with van der Waals surface area (Å²) in [6.07, 6.45) is 1.40. The van der Waals surface area contributed by atoms with Crippen LogP contribution in [0.2, 0.25) is 0 Å². The summed E-state index contributed by atoms with van der Waals surface area (Å²) in [5.41, 5.74) is 1.27. The molecule has 0 unspecified atom stereocenters. The van der Waals surface area contributed by atoms with Gasteiger partial charge in [0.2, 0.25) is 12.7 Å². The fraction of sp³-hybridized carbons (Fsp3) is 0.211. The summed E-state index contributed by atoms with van der Waals surface area (Å²) < 4.78 is 12.0. The zero-order valence-corrected chi connectivity index (χ0v) is 14.1. The molecule has 4 rings (SSSR count). The number of aromatic nitrogens is 2. The number of benzene rings is 2. The van der Waals surface area contributed by atoms with E-state index in [4.69, 9.17) is 9.47 Å². The molecule has 1 aromatic heterocycles. The molecule has 0 saturated heterocycles. The predicted octanol–water partition coefficient (Wildman–Crippen LogP) is 2.00. The van der Waals surface area contributed by atoms with Crippen molar-refractivity contribution in [3.63, 3.8) is 0 Å². The van der Waals surface area contributed by atoms with E-state index >= 15 is 0 Å². The van der Waals surface area contributed by atoms with E-state index < -0.39 is 0 Å². The fourth-order valence-electron chi connectivity index (χ4n) is 2.93. The standard InChI is InChI=1S/C19H17N3O4/c1-12(13-6-7-16-17(8-13)26-11-25-16)21-18(23)9-22-10-20-15-5-3-2-4-14(15)19(22)24/h2-8,10,12H,9,11H2,1H3,(H,21,23)/t12-/m1/s1. The number of nitrogens with zero attached hydrogens (tertiary/aromatic N) is 2. The van der Waals surface area contributed by atoms with Crippen LogP contribution in [-0.2, 0) is 11.3 Å². The van der Waals surface area contributed by atoms with Crippen molar-refractivity contribution in [2.75, 3.05) is 6.79 Å². The van der Waals surface area contributed by atoms with Gasteiger partial charge in [-0.3, -0.25) is 14.2 Å². The molecule has 1 N–H and O–H groups in total. The summed E-state index contributed by atoms with van der Waals surface area (Å²) >= 11 is 0. The monoisotopic (exact) mass is 351 g/mol. The Labute approximate surface area is 149 Å². The average molecular weight is 351 g/mol. The van der Waals surface area contributed by atoms with Gasteiger partial charge < -0.3 is 14.8 Å². The van der Waals surface area contributed by atoms with Gasteiger partial charge in [0.25, 0.3) is 5.56 Å². The molecule has 7 heteroatoms. The molecule has 0 saturated carbocycles. The van der Waals surface area contributed by atoms with Crippen molar-refractivity contribution in [3.8, 4) is 11.5 Å². The van der Waals surface area contributed by atoms with E-state index in [2.05, 4.69) is 10.3 Å². The largest absolute Gasteiger partial charge is 0.454 e. The molecule has 1 amide bonds. The van der Waals surface area contributed by atoms with Gasteiger partial charge in [-0.1, -0.05) is 18.2 Å². The first kappa shape index (κ1) is 16.1. The number of hydrogen-bond donors (Lipinski definition) is 1. The van der Waals surface area contributed by atoms with Crippen LogP contribution in [0, 0.1) is 0 Å². The van der Waals surface area contributed by atoms with Crippen LogP contribution in [-0.4, -0.2) is 22.3 Å². The van der Waals surface area contributed by atoms with E-state index in [0.29, 0.717) is 22.4 Å². The van der Waals surface area contributed by atoms with Gasteiger partial charge in [-0.15, -0.1) is 0 Å². The third-order valence-electron chi connectivity index (χ3n) is 4.32. The number of nitrogens with one attached hydrogen (secondary N) is 1. The van der Waals surface area contributed by atoms with Gasteiger partial charge in [0.15, 0.2) is 11.5 Å². The minimum Gasteiger partial charge on any atom is -0.454 e. The van der Waals surface area contributed by atoms with E-state index in [-0.39, 0.29) is 30.8 Å². The van der Waals surface area contributed by atoms with Crippen LogP contribution in [0.15, 0.2) is 53.6 Å². The van der Waals surface area contributed by atoms with Gasteiger partial charge in [0, 0.05) is 0 Å². The molecular formula is C19H17N3O4. The predicted molar refractivity (Wildman–Crippen MR) is 95.1 cm³/mol. The highest BCUT2D eigenvalue weighted by atomic mass is 16.7. The van der Waals surface area contributed by atoms with Crippen molar-refractivity contribution in [1.82, 2.24) is 14.9 Å². The summed E-state index contributed by atoms with van der Waals surface area (Å²) in [5.74, 6) is 1.09. The van der Waals surface area contributed by atoms with Crippen LogP contribution in [0.3, 0.4) is 0 Å². The maximum Gasteiger partial charge on any atom is 0.261 e. The third kappa shape index (κ3) is 2.99. The Kier molecular flexibility index (Phi) is 4.04. The van der Waals surface area contributed by atoms with Gasteiger partial charge in [0.1, 0.15) is 6.54 Å². The van der Waals surface area contributed by atoms with Gasteiger partial charge in [0.05, 0.1) is 23.3 Å². The molecule has 3 aromatic rings. The first-order chi connectivity index (χ1) is 12.6. The number of hydrogen-bond acceptors (Lipinski definition) is 5. The first-order valence-corrected chi connectivity index (χ1v) is 8.25. The molecular weight excluding hydrogens is 334 g/mol. The lowest BCUT2D eigenvalue weighted by Gasteiger charge is -2.15. The Morgan fingerprint density at radius 2 is 2.04 bits per heavy atom. The second-order valence-corrected chi connectivity index (χ2v) is 6.10. The zero-order valence-electron chi connectivity index (χ0n) is 14.1. The average Bonchev–Trinajstić information content (AvgIpc) is 3.12. The Morgan fingerprint density at radius 1 is 1.23 bits per heavy atom. The van der Waals surface area contributed by atoms with Crippen LogP contribution in [0.1, 0.15) is 18.5 Å². The highest BCUT2D eigenvalue weighted by Crippen LogP contribution is 2.34. The van der Waals surface area contributed by atoms with Crippen LogP contribution in [0.5, 0.6) is 11.5 Å². The number of carbonyl (C=O) groups is 1. The maximum atomic E-state index is 12.5. The SMILES string of the molecule is C[C@@H](NC(=O)Cn1cnc2ccccc2c1=O)c1ccc2c(c1)OCO2. The smallest absolute Gasteiger partial charge is 0.261 e. The van der Waals surface area contributed by atoms with Crippen LogP contribution < -0.4 is 20.3 Å². The van der Waals surface area contributed by atoms with E-state index in [9.17, 15) is 9.59 Å². The number of amides is 1. The van der Waals surface area contributed by atoms with Crippen molar-refractivity contribution in [2.24, 2.45) is 0 Å². The number of fused-ring (bicyclic) bond motifs is 2. The molecule has 7 nitrogen and oxygen atoms in total. The minimum absolute atomic E-state index is 0.0917. The second kappa shape index (κ2) is 6.51. The zero-order chi connectivity index (χ0) is 18.1. The molecule has 132 valence electrons. The van der Waals surface area contributed by atoms with Gasteiger partial charge in [-0.2, -0.15) is 0 Å². The molecule has 2 heterocycles. The lowest BCUT2D eigenvalue weighted by Crippen LogP contribution is -2.33. The number of carbonyl (C=O) groups excluding carboxylic acids is 1. The van der Waals surface area contributed by atoms with Crippen molar-refractivity contribution in [3.05, 3.63) is 64.7 Å². The van der Waals surface area contributed by atoms with Crippen molar-refractivity contribution < 1.29 is 14.3 Å². The maximum absolute atomic E-state index is 12.5. The van der Waals surface area contributed by atoms with Crippen LogP contribution in [0.25, 0.3) is 10.9 Å². The summed E-state index contributed by atoms with van der Waals surface area (Å²) in [6, 6.07) is 12.4. The van der Waals surface area contributed by atoms with Crippen molar-refractivity contribution >= 4 is 16.8 Å². The number of ether oxygens (including phenoxy) is 2. The van der Waals surface area contributed by atoms with E-state index in [1.165, 1.54) is 10.9 Å². The van der Waals surface area contributed by atoms with E-state index in [1.54, 1.807) is 18.2 Å². The highest BCUT2D eigenvalue weighted by Gasteiger charge is 2.17. The summed E-state index contributed by atoms with van der Waals surface area (Å²) in [6.45, 7) is 1.99. The lowest BCUT2D eigenvalue weighted by molar-refractivity contribution is -0.122. The molecule has 0 spiro atoms. The molecule has 1 aliphatic rings. The highest BCUT2D eigenvalue weighted by molar-refractivity contribution is 5.79. The topological polar surface area (TPSA) is 82.5 Å².